The van der Waals surface area contributed by atoms with Crippen molar-refractivity contribution in [2.24, 2.45) is 0 Å². The zero-order valence-electron chi connectivity index (χ0n) is 9.81. The quantitative estimate of drug-likeness (QED) is 0.822. The Balaban J connectivity index is 0.00000144. The predicted molar refractivity (Wildman–Crippen MR) is 72.9 cm³/mol. The van der Waals surface area contributed by atoms with Crippen molar-refractivity contribution in [3.05, 3.63) is 40.2 Å². The Kier molecular flexibility index (Phi) is 6.26. The van der Waals surface area contributed by atoms with E-state index in [1.165, 1.54) is 16.3 Å². The highest BCUT2D eigenvalue weighted by atomic mass is 35.5. The maximum absolute atomic E-state index is 5.00. The maximum atomic E-state index is 5.00. The van der Waals surface area contributed by atoms with Crippen LogP contribution >= 0.6 is 23.7 Å². The van der Waals surface area contributed by atoms with Gasteiger partial charge in [0.2, 0.25) is 0 Å². The number of hydrogen-bond acceptors (Lipinski definition) is 4. The van der Waals surface area contributed by atoms with Gasteiger partial charge in [0.15, 0.2) is 0 Å². The van der Waals surface area contributed by atoms with Crippen molar-refractivity contribution in [3.8, 4) is 0 Å². The molecule has 5 heteroatoms. The molecule has 0 aromatic carbocycles. The molecule has 2 rings (SSSR count). The standard InChI is InChI=1S/C12H16N2OS.ClH/c1-2-12-14-11(9-16-12)3-5-13-7-10-4-6-15-8-10;/h4,6,8-9,13H,2-3,5,7H2,1H3;1H. The van der Waals surface area contributed by atoms with E-state index in [0.29, 0.717) is 0 Å². The Labute approximate surface area is 112 Å². The van der Waals surface area contributed by atoms with Gasteiger partial charge in [-0.3, -0.25) is 0 Å². The van der Waals surface area contributed by atoms with Gasteiger partial charge in [0.1, 0.15) is 0 Å². The van der Waals surface area contributed by atoms with E-state index in [0.717, 1.165) is 25.9 Å². The van der Waals surface area contributed by atoms with Gasteiger partial charge in [0, 0.05) is 30.5 Å². The second kappa shape index (κ2) is 7.48. The molecule has 0 atom stereocenters. The second-order valence-electron chi connectivity index (χ2n) is 3.64. The Morgan fingerprint density at radius 1 is 1.47 bits per heavy atom. The van der Waals surface area contributed by atoms with Gasteiger partial charge in [-0.05, 0) is 12.5 Å². The van der Waals surface area contributed by atoms with E-state index in [-0.39, 0.29) is 12.4 Å². The van der Waals surface area contributed by atoms with Crippen LogP contribution in [0.4, 0.5) is 0 Å². The third kappa shape index (κ3) is 4.50. The molecule has 2 heterocycles. The van der Waals surface area contributed by atoms with Crippen molar-refractivity contribution in [3.63, 3.8) is 0 Å². The topological polar surface area (TPSA) is 38.1 Å². The zero-order chi connectivity index (χ0) is 11.2. The average Bonchev–Trinajstić information content (AvgIpc) is 2.95. The van der Waals surface area contributed by atoms with Crippen LogP contribution in [-0.4, -0.2) is 11.5 Å². The first-order valence-corrected chi connectivity index (χ1v) is 6.41. The molecule has 0 radical (unpaired) electrons. The van der Waals surface area contributed by atoms with Crippen LogP contribution in [0.1, 0.15) is 23.2 Å². The zero-order valence-corrected chi connectivity index (χ0v) is 11.4. The number of furan rings is 1. The predicted octanol–water partition coefficient (Wildman–Crippen LogP) is 3.05. The van der Waals surface area contributed by atoms with E-state index in [9.17, 15) is 0 Å². The number of hydrogen-bond donors (Lipinski definition) is 1. The third-order valence-corrected chi connectivity index (χ3v) is 3.41. The minimum absolute atomic E-state index is 0. The summed E-state index contributed by atoms with van der Waals surface area (Å²) in [6, 6.07) is 1.98. The largest absolute Gasteiger partial charge is 0.472 e. The van der Waals surface area contributed by atoms with Crippen molar-refractivity contribution in [2.75, 3.05) is 6.54 Å². The molecule has 3 nitrogen and oxygen atoms in total. The number of nitrogens with zero attached hydrogens (tertiary/aromatic N) is 1. The van der Waals surface area contributed by atoms with Gasteiger partial charge >= 0.3 is 0 Å². The molecule has 0 fully saturated rings. The fourth-order valence-corrected chi connectivity index (χ4v) is 2.25. The smallest absolute Gasteiger partial charge is 0.0947 e. The number of rotatable bonds is 6. The number of nitrogens with one attached hydrogen (secondary N) is 1. The number of aryl methyl sites for hydroxylation is 1. The second-order valence-corrected chi connectivity index (χ2v) is 4.59. The minimum Gasteiger partial charge on any atom is -0.472 e. The summed E-state index contributed by atoms with van der Waals surface area (Å²) in [6.07, 6.45) is 5.50. The van der Waals surface area contributed by atoms with E-state index in [1.807, 2.05) is 6.07 Å². The van der Waals surface area contributed by atoms with Crippen molar-refractivity contribution in [1.82, 2.24) is 10.3 Å². The fourth-order valence-electron chi connectivity index (χ4n) is 1.47. The molecule has 17 heavy (non-hydrogen) atoms. The van der Waals surface area contributed by atoms with Gasteiger partial charge in [0.25, 0.3) is 0 Å². The molecule has 0 unspecified atom stereocenters. The van der Waals surface area contributed by atoms with Crippen molar-refractivity contribution in [2.45, 2.75) is 26.3 Å². The van der Waals surface area contributed by atoms with Crippen molar-refractivity contribution < 1.29 is 4.42 Å². The molecule has 1 N–H and O–H groups in total. The first-order chi connectivity index (χ1) is 7.88. The van der Waals surface area contributed by atoms with Gasteiger partial charge in [0.05, 0.1) is 23.2 Å². The van der Waals surface area contributed by atoms with Crippen LogP contribution in [-0.2, 0) is 19.4 Å². The third-order valence-electron chi connectivity index (χ3n) is 2.37. The summed E-state index contributed by atoms with van der Waals surface area (Å²) in [7, 11) is 0. The Hall–Kier alpha value is -0.840. The molecule has 0 aliphatic carbocycles. The fraction of sp³-hybridized carbons (Fsp3) is 0.417. The lowest BCUT2D eigenvalue weighted by Crippen LogP contribution is -2.16. The Bertz CT molecular complexity index is 414. The normalized spacial score (nSPS) is 10.2. The van der Waals surface area contributed by atoms with Crippen LogP contribution < -0.4 is 5.32 Å². The average molecular weight is 273 g/mol. The lowest BCUT2D eigenvalue weighted by atomic mass is 10.3. The Morgan fingerprint density at radius 2 is 2.35 bits per heavy atom. The summed E-state index contributed by atoms with van der Waals surface area (Å²) >= 11 is 1.75. The Morgan fingerprint density at radius 3 is 3.00 bits per heavy atom. The molecule has 94 valence electrons. The number of aromatic nitrogens is 1. The van der Waals surface area contributed by atoms with Crippen LogP contribution in [0.2, 0.25) is 0 Å². The van der Waals surface area contributed by atoms with E-state index in [2.05, 4.69) is 22.6 Å². The summed E-state index contributed by atoms with van der Waals surface area (Å²) in [5, 5.41) is 6.75. The van der Waals surface area contributed by atoms with Gasteiger partial charge in [-0.15, -0.1) is 23.7 Å². The summed E-state index contributed by atoms with van der Waals surface area (Å²) in [4.78, 5) is 4.52. The molecule has 0 saturated carbocycles. The molecule has 0 bridgehead atoms. The highest BCUT2D eigenvalue weighted by Gasteiger charge is 2.00. The molecular formula is C12H17ClN2OS. The summed E-state index contributed by atoms with van der Waals surface area (Å²) in [5.41, 5.74) is 2.38. The summed E-state index contributed by atoms with van der Waals surface area (Å²) in [5.74, 6) is 0. The van der Waals surface area contributed by atoms with E-state index < -0.39 is 0 Å². The monoisotopic (exact) mass is 272 g/mol. The van der Waals surface area contributed by atoms with E-state index in [1.54, 1.807) is 23.9 Å². The molecule has 0 spiro atoms. The van der Waals surface area contributed by atoms with Crippen LogP contribution in [0.15, 0.2) is 28.4 Å². The number of halogens is 1. The van der Waals surface area contributed by atoms with Crippen LogP contribution in [0, 0.1) is 0 Å². The summed E-state index contributed by atoms with van der Waals surface area (Å²) < 4.78 is 5.00. The number of thiazole rings is 1. The minimum atomic E-state index is 0. The molecule has 0 saturated heterocycles. The SMILES string of the molecule is CCc1nc(CCNCc2ccoc2)cs1.Cl. The van der Waals surface area contributed by atoms with Crippen LogP contribution in [0.3, 0.4) is 0 Å². The summed E-state index contributed by atoms with van der Waals surface area (Å²) in [6.45, 7) is 3.96. The lowest BCUT2D eigenvalue weighted by Gasteiger charge is -2.00. The highest BCUT2D eigenvalue weighted by molar-refractivity contribution is 7.09. The molecule has 2 aromatic rings. The molecule has 0 aliphatic heterocycles. The van der Waals surface area contributed by atoms with Gasteiger partial charge < -0.3 is 9.73 Å². The first-order valence-electron chi connectivity index (χ1n) is 5.53. The maximum Gasteiger partial charge on any atom is 0.0947 e. The van der Waals surface area contributed by atoms with Crippen LogP contribution in [0.25, 0.3) is 0 Å². The lowest BCUT2D eigenvalue weighted by molar-refractivity contribution is 0.560. The molecular weight excluding hydrogens is 256 g/mol. The van der Waals surface area contributed by atoms with Gasteiger partial charge in [-0.1, -0.05) is 6.92 Å². The van der Waals surface area contributed by atoms with Crippen molar-refractivity contribution in [1.29, 1.82) is 0 Å². The van der Waals surface area contributed by atoms with Crippen molar-refractivity contribution >= 4 is 23.7 Å². The molecule has 0 aliphatic rings. The molecule has 0 amide bonds. The van der Waals surface area contributed by atoms with E-state index >= 15 is 0 Å². The van der Waals surface area contributed by atoms with E-state index in [4.69, 9.17) is 4.42 Å². The van der Waals surface area contributed by atoms with Crippen LogP contribution in [0.5, 0.6) is 0 Å². The highest BCUT2D eigenvalue weighted by Crippen LogP contribution is 2.10. The van der Waals surface area contributed by atoms with Gasteiger partial charge in [-0.25, -0.2) is 4.98 Å². The first kappa shape index (κ1) is 14.2. The molecule has 2 aromatic heterocycles. The van der Waals surface area contributed by atoms with Gasteiger partial charge in [-0.2, -0.15) is 0 Å².